The van der Waals surface area contributed by atoms with Gasteiger partial charge in [0.15, 0.2) is 9.84 Å². The maximum atomic E-state index is 11.5. The van der Waals surface area contributed by atoms with Gasteiger partial charge in [0, 0.05) is 5.02 Å². The number of rotatable bonds is 3. The molecule has 1 aromatic carbocycles. The Morgan fingerprint density at radius 1 is 1.47 bits per heavy atom. The lowest BCUT2D eigenvalue weighted by Crippen LogP contribution is -2.10. The third-order valence-corrected chi connectivity index (χ3v) is 3.91. The fourth-order valence-electron chi connectivity index (χ4n) is 1.10. The predicted octanol–water partition coefficient (Wildman–Crippen LogP) is 1.83. The summed E-state index contributed by atoms with van der Waals surface area (Å²) in [5.41, 5.74) is -0.288. The SMILES string of the molecule is CCS(=O)(=O)c1ccc(Cl)cc1C(=O)O. The second-order valence-corrected chi connectivity index (χ2v) is 5.53. The number of aromatic carboxylic acids is 1. The van der Waals surface area contributed by atoms with Gasteiger partial charge in [0.2, 0.25) is 0 Å². The van der Waals surface area contributed by atoms with Gasteiger partial charge in [0.05, 0.1) is 16.2 Å². The molecule has 0 radical (unpaired) electrons. The first-order valence-corrected chi connectivity index (χ1v) is 6.17. The number of hydrogen-bond acceptors (Lipinski definition) is 3. The molecule has 82 valence electrons. The molecule has 0 amide bonds. The number of carbonyl (C=O) groups is 1. The molecule has 0 heterocycles. The van der Waals surface area contributed by atoms with E-state index in [1.54, 1.807) is 0 Å². The Kier molecular flexibility index (Phi) is 3.36. The fourth-order valence-corrected chi connectivity index (χ4v) is 2.34. The van der Waals surface area contributed by atoms with Crippen molar-refractivity contribution in [2.75, 3.05) is 5.75 Å². The average molecular weight is 249 g/mol. The number of carboxylic acids is 1. The van der Waals surface area contributed by atoms with Crippen LogP contribution in [0.2, 0.25) is 5.02 Å². The molecule has 0 aromatic heterocycles. The van der Waals surface area contributed by atoms with Gasteiger partial charge in [-0.15, -0.1) is 0 Å². The molecule has 1 N–H and O–H groups in total. The molecule has 1 rings (SSSR count). The van der Waals surface area contributed by atoms with E-state index in [-0.39, 0.29) is 21.2 Å². The maximum Gasteiger partial charge on any atom is 0.337 e. The van der Waals surface area contributed by atoms with Crippen LogP contribution in [0.3, 0.4) is 0 Å². The minimum atomic E-state index is -3.53. The Morgan fingerprint density at radius 3 is 2.53 bits per heavy atom. The zero-order valence-corrected chi connectivity index (χ0v) is 9.47. The Morgan fingerprint density at radius 2 is 2.07 bits per heavy atom. The van der Waals surface area contributed by atoms with Gasteiger partial charge in [-0.1, -0.05) is 18.5 Å². The zero-order valence-electron chi connectivity index (χ0n) is 7.90. The summed E-state index contributed by atoms with van der Waals surface area (Å²) in [6.07, 6.45) is 0. The van der Waals surface area contributed by atoms with E-state index < -0.39 is 15.8 Å². The van der Waals surface area contributed by atoms with Crippen molar-refractivity contribution >= 4 is 27.4 Å². The standard InChI is InChI=1S/C9H9ClO4S/c1-2-15(13,14)8-4-3-6(10)5-7(8)9(11)12/h3-5H,2H2,1H3,(H,11,12). The molecular formula is C9H9ClO4S. The second kappa shape index (κ2) is 4.20. The van der Waals surface area contributed by atoms with E-state index >= 15 is 0 Å². The molecule has 0 saturated heterocycles. The molecule has 0 unspecified atom stereocenters. The highest BCUT2D eigenvalue weighted by atomic mass is 35.5. The van der Waals surface area contributed by atoms with Gasteiger partial charge in [0.1, 0.15) is 0 Å². The van der Waals surface area contributed by atoms with Crippen molar-refractivity contribution in [2.45, 2.75) is 11.8 Å². The number of carboxylic acid groups (broad SMARTS) is 1. The Labute approximate surface area is 92.4 Å². The van der Waals surface area contributed by atoms with Crippen molar-refractivity contribution in [3.8, 4) is 0 Å². The monoisotopic (exact) mass is 248 g/mol. The normalized spacial score (nSPS) is 11.3. The van der Waals surface area contributed by atoms with Gasteiger partial charge in [-0.3, -0.25) is 0 Å². The van der Waals surface area contributed by atoms with Crippen LogP contribution < -0.4 is 0 Å². The van der Waals surface area contributed by atoms with Crippen LogP contribution in [0.25, 0.3) is 0 Å². The van der Waals surface area contributed by atoms with E-state index in [1.165, 1.54) is 19.1 Å². The Hall–Kier alpha value is -1.07. The van der Waals surface area contributed by atoms with Crippen LogP contribution in [0.1, 0.15) is 17.3 Å². The van der Waals surface area contributed by atoms with Crippen LogP contribution in [0.5, 0.6) is 0 Å². The van der Waals surface area contributed by atoms with Crippen molar-refractivity contribution in [3.05, 3.63) is 28.8 Å². The molecule has 0 aliphatic heterocycles. The summed E-state index contributed by atoms with van der Waals surface area (Å²) in [7, 11) is -3.53. The highest BCUT2D eigenvalue weighted by Crippen LogP contribution is 2.21. The predicted molar refractivity (Wildman–Crippen MR) is 56.1 cm³/mol. The molecule has 0 bridgehead atoms. The zero-order chi connectivity index (χ0) is 11.6. The number of benzene rings is 1. The lowest BCUT2D eigenvalue weighted by Gasteiger charge is -2.05. The molecule has 0 spiro atoms. The number of sulfone groups is 1. The molecule has 1 aromatic rings. The third-order valence-electron chi connectivity index (χ3n) is 1.89. The van der Waals surface area contributed by atoms with Crippen molar-refractivity contribution in [2.24, 2.45) is 0 Å². The smallest absolute Gasteiger partial charge is 0.337 e. The van der Waals surface area contributed by atoms with Crippen LogP contribution in [0, 0.1) is 0 Å². The van der Waals surface area contributed by atoms with Crippen LogP contribution in [-0.4, -0.2) is 25.2 Å². The van der Waals surface area contributed by atoms with Crippen LogP contribution in [-0.2, 0) is 9.84 Å². The molecule has 6 heteroatoms. The molecule has 0 aliphatic rings. The summed E-state index contributed by atoms with van der Waals surface area (Å²) in [6, 6.07) is 3.70. The van der Waals surface area contributed by atoms with Crippen LogP contribution in [0.15, 0.2) is 23.1 Å². The van der Waals surface area contributed by atoms with Gasteiger partial charge in [0.25, 0.3) is 0 Å². The van der Waals surface area contributed by atoms with E-state index in [0.29, 0.717) is 0 Å². The fraction of sp³-hybridized carbons (Fsp3) is 0.222. The molecule has 4 nitrogen and oxygen atoms in total. The first-order chi connectivity index (χ1) is 6.88. The van der Waals surface area contributed by atoms with Crippen LogP contribution >= 0.6 is 11.6 Å². The number of hydrogen-bond donors (Lipinski definition) is 1. The highest BCUT2D eigenvalue weighted by Gasteiger charge is 2.20. The van der Waals surface area contributed by atoms with E-state index in [2.05, 4.69) is 0 Å². The van der Waals surface area contributed by atoms with Crippen molar-refractivity contribution < 1.29 is 18.3 Å². The first kappa shape index (κ1) is 12.0. The minimum absolute atomic E-state index is 0.144. The van der Waals surface area contributed by atoms with Gasteiger partial charge >= 0.3 is 5.97 Å². The molecular weight excluding hydrogens is 240 g/mol. The van der Waals surface area contributed by atoms with Crippen molar-refractivity contribution in [3.63, 3.8) is 0 Å². The van der Waals surface area contributed by atoms with Gasteiger partial charge < -0.3 is 5.11 Å². The summed E-state index contributed by atoms with van der Waals surface area (Å²) >= 11 is 5.60. The minimum Gasteiger partial charge on any atom is -0.478 e. The Balaban J connectivity index is 3.49. The molecule has 0 aliphatic carbocycles. The second-order valence-electron chi connectivity index (χ2n) is 2.85. The largest absolute Gasteiger partial charge is 0.478 e. The lowest BCUT2D eigenvalue weighted by atomic mass is 10.2. The topological polar surface area (TPSA) is 71.4 Å². The Bertz CT molecular complexity index is 493. The summed E-state index contributed by atoms with van der Waals surface area (Å²) < 4.78 is 23.1. The van der Waals surface area contributed by atoms with E-state index in [4.69, 9.17) is 16.7 Å². The van der Waals surface area contributed by atoms with Gasteiger partial charge in [-0.25, -0.2) is 13.2 Å². The molecule has 0 fully saturated rings. The summed E-state index contributed by atoms with van der Waals surface area (Å²) in [5.74, 6) is -1.45. The summed E-state index contributed by atoms with van der Waals surface area (Å²) in [5, 5.41) is 9.02. The average Bonchev–Trinajstić information content (AvgIpc) is 2.17. The van der Waals surface area contributed by atoms with Crippen molar-refractivity contribution in [1.82, 2.24) is 0 Å². The summed E-state index contributed by atoms with van der Waals surface area (Å²) in [6.45, 7) is 1.45. The van der Waals surface area contributed by atoms with E-state index in [9.17, 15) is 13.2 Å². The molecule has 0 atom stereocenters. The highest BCUT2D eigenvalue weighted by molar-refractivity contribution is 7.91. The molecule has 0 saturated carbocycles. The third kappa shape index (κ3) is 2.49. The van der Waals surface area contributed by atoms with E-state index in [1.807, 2.05) is 0 Å². The maximum absolute atomic E-state index is 11.5. The van der Waals surface area contributed by atoms with E-state index in [0.717, 1.165) is 6.07 Å². The van der Waals surface area contributed by atoms with Crippen molar-refractivity contribution in [1.29, 1.82) is 0 Å². The lowest BCUT2D eigenvalue weighted by molar-refractivity contribution is 0.0692. The van der Waals surface area contributed by atoms with Gasteiger partial charge in [-0.2, -0.15) is 0 Å². The quantitative estimate of drug-likeness (QED) is 0.886. The van der Waals surface area contributed by atoms with Gasteiger partial charge in [-0.05, 0) is 18.2 Å². The first-order valence-electron chi connectivity index (χ1n) is 4.14. The number of halogens is 1. The van der Waals surface area contributed by atoms with Crippen LogP contribution in [0.4, 0.5) is 0 Å². The molecule has 15 heavy (non-hydrogen) atoms. The summed E-state index contributed by atoms with van der Waals surface area (Å²) in [4.78, 5) is 10.6.